The van der Waals surface area contributed by atoms with Gasteiger partial charge in [-0.05, 0) is 41.5 Å². The minimum absolute atomic E-state index is 0.237. The third kappa shape index (κ3) is 7.01. The number of rotatable bonds is 0. The molecule has 12 heteroatoms. The second kappa shape index (κ2) is 9.55. The summed E-state index contributed by atoms with van der Waals surface area (Å²) in [5.74, 6) is -2.94. The normalized spacial score (nSPS) is 26.6. The molecule has 3 fully saturated rings. The maximum Gasteiger partial charge on any atom is 0.351 e. The summed E-state index contributed by atoms with van der Waals surface area (Å²) in [4.78, 5) is 63.9. The summed E-state index contributed by atoms with van der Waals surface area (Å²) in [7, 11) is 0. The minimum atomic E-state index is -1.15. The van der Waals surface area contributed by atoms with Gasteiger partial charge in [-0.2, -0.15) is 0 Å². The molecule has 0 N–H and O–H groups in total. The zero-order valence-electron chi connectivity index (χ0n) is 17.5. The fourth-order valence-corrected chi connectivity index (χ4v) is 1.79. The minimum Gasteiger partial charge on any atom is -0.451 e. The first kappa shape index (κ1) is 24.9. The summed E-state index contributed by atoms with van der Waals surface area (Å²) in [5, 5.41) is 0. The van der Waals surface area contributed by atoms with Crippen LogP contribution >= 0.6 is 0 Å². The quantitative estimate of drug-likeness (QED) is 0.360. The average molecular weight is 432 g/mol. The number of cyclic esters (lactones) is 6. The lowest BCUT2D eigenvalue weighted by Gasteiger charge is -2.36. The van der Waals surface area contributed by atoms with Gasteiger partial charge < -0.3 is 28.4 Å². The van der Waals surface area contributed by atoms with Crippen molar-refractivity contribution in [2.45, 2.75) is 65.0 Å². The second-order valence-corrected chi connectivity index (χ2v) is 7.28. The van der Waals surface area contributed by atoms with E-state index in [0.29, 0.717) is 0 Å². The highest BCUT2D eigenvalue weighted by Gasteiger charge is 2.48. The van der Waals surface area contributed by atoms with Crippen LogP contribution in [0.5, 0.6) is 0 Å². The molecule has 3 aliphatic rings. The third-order valence-electron chi connectivity index (χ3n) is 3.63. The smallest absolute Gasteiger partial charge is 0.351 e. The number of esters is 6. The topological polar surface area (TPSA) is 158 Å². The van der Waals surface area contributed by atoms with Crippen LogP contribution in [0.25, 0.3) is 0 Å². The molecule has 3 aliphatic heterocycles. The highest BCUT2D eigenvalue weighted by molar-refractivity contribution is 5.92. The molecular formula is C18H24O12. The van der Waals surface area contributed by atoms with E-state index < -0.39 is 59.2 Å². The van der Waals surface area contributed by atoms with Crippen molar-refractivity contribution in [1.82, 2.24) is 0 Å². The predicted octanol–water partition coefficient (Wildman–Crippen LogP) is -0.407. The molecule has 0 radical (unpaired) electrons. The second-order valence-electron chi connectivity index (χ2n) is 7.28. The van der Waals surface area contributed by atoms with Crippen molar-refractivity contribution in [2.24, 2.45) is 0 Å². The standard InChI is InChI=1S/C8H12O4.C6H8O4.C4H4O4/c1-7(2)5(9)12-8(3,4)6(10)11-7;1-3-5(7)10-4(2)6(8)9-3;5-3-1-7-4(6)2-8-3/h1-4H3;3-4H,1-2H3;1-2H2. The van der Waals surface area contributed by atoms with Crippen LogP contribution in [0.3, 0.4) is 0 Å². The van der Waals surface area contributed by atoms with E-state index in [1.54, 1.807) is 0 Å². The Morgan fingerprint density at radius 1 is 0.633 bits per heavy atom. The van der Waals surface area contributed by atoms with E-state index in [9.17, 15) is 28.8 Å². The third-order valence-corrected chi connectivity index (χ3v) is 3.63. The Balaban J connectivity index is 0.000000230. The lowest BCUT2D eigenvalue weighted by Crippen LogP contribution is -2.54. The number of hydrogen-bond acceptors (Lipinski definition) is 12. The largest absolute Gasteiger partial charge is 0.451 e. The number of carbonyl (C=O) groups is 6. The van der Waals surface area contributed by atoms with Gasteiger partial charge in [0.05, 0.1) is 0 Å². The van der Waals surface area contributed by atoms with Crippen LogP contribution in [0.15, 0.2) is 0 Å². The molecule has 3 heterocycles. The van der Waals surface area contributed by atoms with E-state index in [4.69, 9.17) is 9.47 Å². The lowest BCUT2D eigenvalue weighted by atomic mass is 10.0. The number of ether oxygens (including phenoxy) is 6. The van der Waals surface area contributed by atoms with Gasteiger partial charge in [0.25, 0.3) is 0 Å². The summed E-state index contributed by atoms with van der Waals surface area (Å²) in [6.45, 7) is 8.49. The molecule has 0 spiro atoms. The maximum absolute atomic E-state index is 11.2. The molecule has 0 aromatic rings. The summed E-state index contributed by atoms with van der Waals surface area (Å²) in [6, 6.07) is 0. The van der Waals surface area contributed by atoms with Crippen molar-refractivity contribution in [3.05, 3.63) is 0 Å². The van der Waals surface area contributed by atoms with E-state index >= 15 is 0 Å². The Labute approximate surface area is 172 Å². The van der Waals surface area contributed by atoms with Crippen molar-refractivity contribution in [3.8, 4) is 0 Å². The fourth-order valence-electron chi connectivity index (χ4n) is 1.79. The Kier molecular flexibility index (Phi) is 7.91. The molecule has 0 aromatic carbocycles. The highest BCUT2D eigenvalue weighted by atomic mass is 16.7. The van der Waals surface area contributed by atoms with Gasteiger partial charge in [0.2, 0.25) is 11.2 Å². The Bertz CT molecular complexity index is 661. The van der Waals surface area contributed by atoms with Gasteiger partial charge in [-0.3, -0.25) is 0 Å². The summed E-state index contributed by atoms with van der Waals surface area (Å²) in [5.41, 5.74) is -2.29. The highest BCUT2D eigenvalue weighted by Crippen LogP contribution is 2.26. The predicted molar refractivity (Wildman–Crippen MR) is 93.4 cm³/mol. The van der Waals surface area contributed by atoms with Crippen LogP contribution in [-0.2, 0) is 57.2 Å². The van der Waals surface area contributed by atoms with Crippen LogP contribution < -0.4 is 0 Å². The maximum atomic E-state index is 11.2. The molecular weight excluding hydrogens is 408 g/mol. The monoisotopic (exact) mass is 432 g/mol. The van der Waals surface area contributed by atoms with E-state index in [2.05, 4.69) is 18.9 Å². The van der Waals surface area contributed by atoms with Crippen LogP contribution in [-0.4, -0.2) is 72.4 Å². The molecule has 0 amide bonds. The van der Waals surface area contributed by atoms with Gasteiger partial charge in [-0.15, -0.1) is 0 Å². The van der Waals surface area contributed by atoms with Crippen molar-refractivity contribution < 1.29 is 57.2 Å². The lowest BCUT2D eigenvalue weighted by molar-refractivity contribution is -0.218. The molecule has 3 saturated heterocycles. The molecule has 2 unspecified atom stereocenters. The van der Waals surface area contributed by atoms with Crippen LogP contribution in [0.1, 0.15) is 41.5 Å². The van der Waals surface area contributed by atoms with Gasteiger partial charge >= 0.3 is 35.8 Å². The molecule has 30 heavy (non-hydrogen) atoms. The van der Waals surface area contributed by atoms with E-state index in [0.717, 1.165) is 0 Å². The first-order valence-corrected chi connectivity index (χ1v) is 8.85. The van der Waals surface area contributed by atoms with Crippen molar-refractivity contribution in [1.29, 1.82) is 0 Å². The number of hydrogen-bond donors (Lipinski definition) is 0. The number of carbonyl (C=O) groups excluding carboxylic acids is 6. The average Bonchev–Trinajstić information content (AvgIpc) is 2.62. The van der Waals surface area contributed by atoms with E-state index in [1.807, 2.05) is 0 Å². The molecule has 0 aliphatic carbocycles. The van der Waals surface area contributed by atoms with Crippen molar-refractivity contribution in [3.63, 3.8) is 0 Å². The zero-order valence-corrected chi connectivity index (χ0v) is 17.5. The van der Waals surface area contributed by atoms with Crippen molar-refractivity contribution in [2.75, 3.05) is 13.2 Å². The van der Waals surface area contributed by atoms with Gasteiger partial charge in [0.1, 0.15) is 0 Å². The van der Waals surface area contributed by atoms with Gasteiger partial charge in [-0.25, -0.2) is 28.8 Å². The molecule has 0 saturated carbocycles. The summed E-state index contributed by atoms with van der Waals surface area (Å²) in [6.07, 6.45) is -1.49. The molecule has 0 aromatic heterocycles. The van der Waals surface area contributed by atoms with Crippen LogP contribution in [0.4, 0.5) is 0 Å². The molecule has 12 nitrogen and oxygen atoms in total. The molecule has 168 valence electrons. The SMILES string of the molecule is CC1(C)OC(=O)C(C)(C)OC1=O.CC1OC(=O)C(C)OC1=O.O=C1COC(=O)CO1. The Hall–Kier alpha value is -3.18. The Morgan fingerprint density at radius 3 is 1.20 bits per heavy atom. The first-order chi connectivity index (χ1) is 13.7. The zero-order chi connectivity index (χ0) is 23.3. The first-order valence-electron chi connectivity index (χ1n) is 8.85. The molecule has 0 bridgehead atoms. The van der Waals surface area contributed by atoms with Gasteiger partial charge in [0, 0.05) is 0 Å². The molecule has 2 atom stereocenters. The molecule has 3 rings (SSSR count). The summed E-state index contributed by atoms with van der Waals surface area (Å²) < 4.78 is 27.5. The van der Waals surface area contributed by atoms with Gasteiger partial charge in [-0.1, -0.05) is 0 Å². The van der Waals surface area contributed by atoms with Crippen molar-refractivity contribution >= 4 is 35.8 Å². The van der Waals surface area contributed by atoms with E-state index in [1.165, 1.54) is 41.5 Å². The Morgan fingerprint density at radius 2 is 0.933 bits per heavy atom. The van der Waals surface area contributed by atoms with Crippen LogP contribution in [0, 0.1) is 0 Å². The van der Waals surface area contributed by atoms with Crippen LogP contribution in [0.2, 0.25) is 0 Å². The van der Waals surface area contributed by atoms with E-state index in [-0.39, 0.29) is 13.2 Å². The summed E-state index contributed by atoms with van der Waals surface area (Å²) >= 11 is 0. The van der Waals surface area contributed by atoms with Gasteiger partial charge in [0.15, 0.2) is 25.4 Å². The fraction of sp³-hybridized carbons (Fsp3) is 0.667.